The summed E-state index contributed by atoms with van der Waals surface area (Å²) in [6.07, 6.45) is 4.33. The fourth-order valence-electron chi connectivity index (χ4n) is 2.89. The standard InChI is InChI=1S/C17H21N5/c1-12-9-16(20-17(19-12)13-6-7-13)21(2)14-10-22(11-14)15-5-3-4-8-18-15/h3-5,8-9,13-14H,6-7,10-11H2,1-2H3. The van der Waals surface area contributed by atoms with E-state index in [4.69, 9.17) is 4.98 Å². The van der Waals surface area contributed by atoms with Gasteiger partial charge in [0.05, 0.1) is 6.04 Å². The maximum absolute atomic E-state index is 4.78. The van der Waals surface area contributed by atoms with E-state index in [-0.39, 0.29) is 0 Å². The Morgan fingerprint density at radius 1 is 1.18 bits per heavy atom. The van der Waals surface area contributed by atoms with Crippen LogP contribution < -0.4 is 9.80 Å². The van der Waals surface area contributed by atoms with Crippen molar-refractivity contribution < 1.29 is 0 Å². The summed E-state index contributed by atoms with van der Waals surface area (Å²) in [5.74, 6) is 3.74. The van der Waals surface area contributed by atoms with Crippen LogP contribution in [-0.2, 0) is 0 Å². The number of aryl methyl sites for hydroxylation is 1. The van der Waals surface area contributed by atoms with Crippen LogP contribution in [0.1, 0.15) is 30.3 Å². The van der Waals surface area contributed by atoms with Gasteiger partial charge in [0.2, 0.25) is 0 Å². The summed E-state index contributed by atoms with van der Waals surface area (Å²) in [6.45, 7) is 4.05. The smallest absolute Gasteiger partial charge is 0.134 e. The molecule has 22 heavy (non-hydrogen) atoms. The summed E-state index contributed by atoms with van der Waals surface area (Å²) < 4.78 is 0. The van der Waals surface area contributed by atoms with E-state index in [9.17, 15) is 0 Å². The van der Waals surface area contributed by atoms with Crippen molar-refractivity contribution in [3.8, 4) is 0 Å². The van der Waals surface area contributed by atoms with E-state index in [1.807, 2.05) is 18.3 Å². The zero-order valence-corrected chi connectivity index (χ0v) is 13.1. The topological polar surface area (TPSA) is 45.2 Å². The predicted molar refractivity (Wildman–Crippen MR) is 87.4 cm³/mol. The van der Waals surface area contributed by atoms with Gasteiger partial charge in [0.15, 0.2) is 0 Å². The Bertz CT molecular complexity index is 662. The van der Waals surface area contributed by atoms with Crippen LogP contribution in [0, 0.1) is 6.92 Å². The summed E-state index contributed by atoms with van der Waals surface area (Å²) >= 11 is 0. The molecule has 0 aromatic carbocycles. The van der Waals surface area contributed by atoms with Crippen LogP contribution in [0.5, 0.6) is 0 Å². The van der Waals surface area contributed by atoms with Crippen molar-refractivity contribution in [1.82, 2.24) is 15.0 Å². The molecule has 0 unspecified atom stereocenters. The zero-order chi connectivity index (χ0) is 15.1. The molecule has 0 atom stereocenters. The predicted octanol–water partition coefficient (Wildman–Crippen LogP) is 2.38. The third kappa shape index (κ3) is 2.51. The minimum Gasteiger partial charge on any atom is -0.353 e. The molecule has 2 aromatic rings. The number of nitrogens with zero attached hydrogens (tertiary/aromatic N) is 5. The Labute approximate surface area is 131 Å². The molecule has 2 aromatic heterocycles. The second kappa shape index (κ2) is 5.23. The number of hydrogen-bond donors (Lipinski definition) is 0. The van der Waals surface area contributed by atoms with Crippen LogP contribution in [-0.4, -0.2) is 41.1 Å². The fraction of sp³-hybridized carbons (Fsp3) is 0.471. The Balaban J connectivity index is 1.46. The van der Waals surface area contributed by atoms with Gasteiger partial charge in [0, 0.05) is 44.0 Å². The van der Waals surface area contributed by atoms with E-state index in [1.165, 1.54) is 12.8 Å². The molecule has 4 rings (SSSR count). The lowest BCUT2D eigenvalue weighted by molar-refractivity contribution is 0.489. The van der Waals surface area contributed by atoms with Gasteiger partial charge in [-0.15, -0.1) is 0 Å². The van der Waals surface area contributed by atoms with E-state index in [0.29, 0.717) is 12.0 Å². The Hall–Kier alpha value is -2.17. The Kier molecular flexibility index (Phi) is 3.21. The van der Waals surface area contributed by atoms with Gasteiger partial charge >= 0.3 is 0 Å². The number of anilines is 2. The van der Waals surface area contributed by atoms with E-state index in [1.54, 1.807) is 0 Å². The summed E-state index contributed by atoms with van der Waals surface area (Å²) in [6, 6.07) is 8.64. The maximum atomic E-state index is 4.78. The average molecular weight is 295 g/mol. The van der Waals surface area contributed by atoms with Crippen molar-refractivity contribution in [3.05, 3.63) is 42.0 Å². The summed E-state index contributed by atoms with van der Waals surface area (Å²) in [7, 11) is 2.14. The molecular formula is C17H21N5. The van der Waals surface area contributed by atoms with Crippen molar-refractivity contribution in [2.45, 2.75) is 31.7 Å². The average Bonchev–Trinajstić information content (AvgIpc) is 3.31. The van der Waals surface area contributed by atoms with Crippen LogP contribution in [0.15, 0.2) is 30.5 Å². The summed E-state index contributed by atoms with van der Waals surface area (Å²) in [5.41, 5.74) is 1.07. The molecule has 0 spiro atoms. The fourth-order valence-corrected chi connectivity index (χ4v) is 2.89. The molecule has 1 aliphatic carbocycles. The molecule has 0 amide bonds. The van der Waals surface area contributed by atoms with Crippen molar-refractivity contribution in [2.75, 3.05) is 29.9 Å². The van der Waals surface area contributed by atoms with Crippen LogP contribution in [0.25, 0.3) is 0 Å². The molecule has 0 N–H and O–H groups in total. The molecular weight excluding hydrogens is 274 g/mol. The van der Waals surface area contributed by atoms with Crippen molar-refractivity contribution >= 4 is 11.6 Å². The van der Waals surface area contributed by atoms with Gasteiger partial charge in [0.1, 0.15) is 17.5 Å². The van der Waals surface area contributed by atoms with Gasteiger partial charge in [-0.1, -0.05) is 6.07 Å². The van der Waals surface area contributed by atoms with Gasteiger partial charge in [-0.05, 0) is 31.9 Å². The van der Waals surface area contributed by atoms with Crippen LogP contribution >= 0.6 is 0 Å². The highest BCUT2D eigenvalue weighted by Crippen LogP contribution is 2.38. The first-order chi connectivity index (χ1) is 10.7. The normalized spacial score (nSPS) is 18.2. The van der Waals surface area contributed by atoms with E-state index >= 15 is 0 Å². The van der Waals surface area contributed by atoms with Crippen LogP contribution in [0.3, 0.4) is 0 Å². The summed E-state index contributed by atoms with van der Waals surface area (Å²) in [5, 5.41) is 0. The van der Waals surface area contributed by atoms with Crippen molar-refractivity contribution in [2.24, 2.45) is 0 Å². The molecule has 1 aliphatic heterocycles. The maximum Gasteiger partial charge on any atom is 0.134 e. The van der Waals surface area contributed by atoms with E-state index in [0.717, 1.165) is 36.2 Å². The first kappa shape index (κ1) is 13.5. The molecule has 0 bridgehead atoms. The second-order valence-electron chi connectivity index (χ2n) is 6.36. The molecule has 2 fully saturated rings. The number of likely N-dealkylation sites (N-methyl/N-ethyl adjacent to an activating group) is 1. The molecule has 5 heteroatoms. The third-order valence-electron chi connectivity index (χ3n) is 4.55. The first-order valence-corrected chi connectivity index (χ1v) is 7.95. The minimum atomic E-state index is 0.489. The number of rotatable bonds is 4. The van der Waals surface area contributed by atoms with E-state index in [2.05, 4.69) is 45.9 Å². The molecule has 2 aliphatic rings. The lowest BCUT2D eigenvalue weighted by Crippen LogP contribution is -2.59. The first-order valence-electron chi connectivity index (χ1n) is 7.95. The molecule has 5 nitrogen and oxygen atoms in total. The lowest BCUT2D eigenvalue weighted by atomic mass is 10.1. The Morgan fingerprint density at radius 2 is 2.00 bits per heavy atom. The highest BCUT2D eigenvalue weighted by Gasteiger charge is 2.33. The molecule has 1 saturated carbocycles. The molecule has 3 heterocycles. The van der Waals surface area contributed by atoms with Gasteiger partial charge in [-0.2, -0.15) is 0 Å². The minimum absolute atomic E-state index is 0.489. The molecule has 1 saturated heterocycles. The third-order valence-corrected chi connectivity index (χ3v) is 4.55. The van der Waals surface area contributed by atoms with E-state index < -0.39 is 0 Å². The molecule has 114 valence electrons. The monoisotopic (exact) mass is 295 g/mol. The van der Waals surface area contributed by atoms with Gasteiger partial charge in [0.25, 0.3) is 0 Å². The largest absolute Gasteiger partial charge is 0.353 e. The van der Waals surface area contributed by atoms with Crippen LogP contribution in [0.2, 0.25) is 0 Å². The summed E-state index contributed by atoms with van der Waals surface area (Å²) in [4.78, 5) is 18.4. The SMILES string of the molecule is Cc1cc(N(C)C2CN(c3ccccn3)C2)nc(C2CC2)n1. The van der Waals surface area contributed by atoms with Crippen molar-refractivity contribution in [3.63, 3.8) is 0 Å². The molecule has 0 radical (unpaired) electrons. The highest BCUT2D eigenvalue weighted by atomic mass is 15.3. The zero-order valence-electron chi connectivity index (χ0n) is 13.1. The Morgan fingerprint density at radius 3 is 2.68 bits per heavy atom. The van der Waals surface area contributed by atoms with Gasteiger partial charge < -0.3 is 9.80 Å². The van der Waals surface area contributed by atoms with Gasteiger partial charge in [-0.25, -0.2) is 15.0 Å². The lowest BCUT2D eigenvalue weighted by Gasteiger charge is -2.45. The van der Waals surface area contributed by atoms with Crippen molar-refractivity contribution in [1.29, 1.82) is 0 Å². The van der Waals surface area contributed by atoms with Crippen LogP contribution in [0.4, 0.5) is 11.6 Å². The highest BCUT2D eigenvalue weighted by molar-refractivity contribution is 5.48. The number of pyridine rings is 1. The quantitative estimate of drug-likeness (QED) is 0.866. The number of hydrogen-bond acceptors (Lipinski definition) is 5. The number of aromatic nitrogens is 3. The van der Waals surface area contributed by atoms with Gasteiger partial charge in [-0.3, -0.25) is 0 Å². The second-order valence-corrected chi connectivity index (χ2v) is 6.36.